The molecule has 5 heteroatoms. The van der Waals surface area contributed by atoms with E-state index in [0.29, 0.717) is 5.92 Å². The van der Waals surface area contributed by atoms with Gasteiger partial charge < -0.3 is 14.4 Å². The summed E-state index contributed by atoms with van der Waals surface area (Å²) in [6, 6.07) is 4.17. The molecule has 2 saturated heterocycles. The lowest BCUT2D eigenvalue weighted by atomic mass is 9.94. The molecule has 2 aliphatic rings. The summed E-state index contributed by atoms with van der Waals surface area (Å²) in [5, 5.41) is 0. The van der Waals surface area contributed by atoms with Crippen LogP contribution in [0.5, 0.6) is 0 Å². The van der Waals surface area contributed by atoms with E-state index in [-0.39, 0.29) is 5.60 Å². The van der Waals surface area contributed by atoms with E-state index in [1.807, 2.05) is 12.4 Å². The maximum absolute atomic E-state index is 6.24. The molecule has 1 aromatic rings. The quantitative estimate of drug-likeness (QED) is 0.837. The molecule has 2 aliphatic heterocycles. The van der Waals surface area contributed by atoms with Crippen molar-refractivity contribution in [3.05, 3.63) is 30.1 Å². The summed E-state index contributed by atoms with van der Waals surface area (Å²) in [7, 11) is 4.26. The highest BCUT2D eigenvalue weighted by Crippen LogP contribution is 2.33. The van der Waals surface area contributed by atoms with Crippen molar-refractivity contribution in [3.8, 4) is 0 Å². The second-order valence-corrected chi connectivity index (χ2v) is 6.95. The molecule has 0 aromatic carbocycles. The predicted octanol–water partition coefficient (Wildman–Crippen LogP) is 1.25. The van der Waals surface area contributed by atoms with Crippen molar-refractivity contribution in [2.24, 2.45) is 5.92 Å². The topological polar surface area (TPSA) is 37.8 Å². The van der Waals surface area contributed by atoms with Gasteiger partial charge in [0.05, 0.1) is 19.8 Å². The first kappa shape index (κ1) is 15.9. The third kappa shape index (κ3) is 4.04. The molecular formula is C17H27N3O2. The Morgan fingerprint density at radius 2 is 2.18 bits per heavy atom. The summed E-state index contributed by atoms with van der Waals surface area (Å²) < 4.78 is 12.1. The summed E-state index contributed by atoms with van der Waals surface area (Å²) in [5.74, 6) is 0.611. The van der Waals surface area contributed by atoms with Crippen molar-refractivity contribution in [2.45, 2.75) is 18.6 Å². The largest absolute Gasteiger partial charge is 0.377 e. The van der Waals surface area contributed by atoms with Crippen LogP contribution in [0.3, 0.4) is 0 Å². The molecular weight excluding hydrogens is 278 g/mol. The fourth-order valence-corrected chi connectivity index (χ4v) is 3.65. The van der Waals surface area contributed by atoms with Gasteiger partial charge in [-0.1, -0.05) is 0 Å². The monoisotopic (exact) mass is 305 g/mol. The first-order chi connectivity index (χ1) is 10.7. The number of pyridine rings is 1. The Morgan fingerprint density at radius 3 is 2.95 bits per heavy atom. The Bertz CT molecular complexity index is 468. The minimum atomic E-state index is -0.121. The Labute approximate surface area is 133 Å². The highest BCUT2D eigenvalue weighted by atomic mass is 16.5. The van der Waals surface area contributed by atoms with Crippen LogP contribution >= 0.6 is 0 Å². The molecule has 0 amide bonds. The molecule has 0 bridgehead atoms. The zero-order valence-electron chi connectivity index (χ0n) is 13.7. The Balaban J connectivity index is 1.63. The molecule has 22 heavy (non-hydrogen) atoms. The summed E-state index contributed by atoms with van der Waals surface area (Å²) in [6.07, 6.45) is 4.81. The van der Waals surface area contributed by atoms with Crippen molar-refractivity contribution in [2.75, 3.05) is 53.6 Å². The van der Waals surface area contributed by atoms with E-state index in [2.05, 4.69) is 41.0 Å². The minimum Gasteiger partial charge on any atom is -0.377 e. The van der Waals surface area contributed by atoms with Gasteiger partial charge in [0, 0.05) is 38.6 Å². The second kappa shape index (κ2) is 7.04. The van der Waals surface area contributed by atoms with Gasteiger partial charge in [-0.25, -0.2) is 0 Å². The second-order valence-electron chi connectivity index (χ2n) is 6.95. The molecule has 0 saturated carbocycles. The van der Waals surface area contributed by atoms with Gasteiger partial charge in [0.15, 0.2) is 0 Å². The lowest BCUT2D eigenvalue weighted by Gasteiger charge is -2.31. The van der Waals surface area contributed by atoms with Crippen LogP contribution in [0.25, 0.3) is 0 Å². The van der Waals surface area contributed by atoms with Gasteiger partial charge in [-0.05, 0) is 44.1 Å². The van der Waals surface area contributed by atoms with E-state index >= 15 is 0 Å². The van der Waals surface area contributed by atoms with Gasteiger partial charge in [0.1, 0.15) is 5.60 Å². The van der Waals surface area contributed by atoms with Crippen LogP contribution < -0.4 is 0 Å². The van der Waals surface area contributed by atoms with Gasteiger partial charge in [-0.3, -0.25) is 9.88 Å². The average molecular weight is 305 g/mol. The minimum absolute atomic E-state index is 0.121. The molecule has 1 spiro atoms. The predicted molar refractivity (Wildman–Crippen MR) is 85.7 cm³/mol. The summed E-state index contributed by atoms with van der Waals surface area (Å²) in [6.45, 7) is 6.31. The first-order valence-corrected chi connectivity index (χ1v) is 8.13. The van der Waals surface area contributed by atoms with Crippen LogP contribution in [0.15, 0.2) is 24.5 Å². The third-order valence-electron chi connectivity index (χ3n) is 4.49. The number of hydrogen-bond acceptors (Lipinski definition) is 5. The normalized spacial score (nSPS) is 30.0. The molecule has 0 unspecified atom stereocenters. The smallest absolute Gasteiger partial charge is 0.104 e. The SMILES string of the molecule is CN(C)C[C@@H]1CO[C@]2(COCCN(Cc3ccncc3)C2)C1. The van der Waals surface area contributed by atoms with Crippen molar-refractivity contribution in [3.63, 3.8) is 0 Å². The van der Waals surface area contributed by atoms with Crippen LogP contribution in [0.4, 0.5) is 0 Å². The Hall–Kier alpha value is -1.01. The molecule has 122 valence electrons. The van der Waals surface area contributed by atoms with Crippen LogP contribution in [-0.2, 0) is 16.0 Å². The molecule has 3 heterocycles. The van der Waals surface area contributed by atoms with Crippen molar-refractivity contribution >= 4 is 0 Å². The molecule has 0 aliphatic carbocycles. The zero-order chi connectivity index (χ0) is 15.4. The standard InChI is InChI=1S/C17H27N3O2/c1-19(2)10-16-9-17(22-12-16)13-20(7-8-21-14-17)11-15-3-5-18-6-4-15/h3-6,16H,7-14H2,1-2H3/t16-,17-/m1/s1. The molecule has 0 N–H and O–H groups in total. The Morgan fingerprint density at radius 1 is 1.36 bits per heavy atom. The van der Waals surface area contributed by atoms with Gasteiger partial charge in [0.25, 0.3) is 0 Å². The van der Waals surface area contributed by atoms with Gasteiger partial charge >= 0.3 is 0 Å². The summed E-state index contributed by atoms with van der Waals surface area (Å²) >= 11 is 0. The number of rotatable bonds is 4. The van der Waals surface area contributed by atoms with Gasteiger partial charge in [-0.2, -0.15) is 0 Å². The Kier molecular flexibility index (Phi) is 5.08. The van der Waals surface area contributed by atoms with E-state index in [0.717, 1.165) is 52.4 Å². The fraction of sp³-hybridized carbons (Fsp3) is 0.706. The summed E-state index contributed by atoms with van der Waals surface area (Å²) in [5.41, 5.74) is 1.18. The van der Waals surface area contributed by atoms with E-state index in [4.69, 9.17) is 9.47 Å². The molecule has 2 atom stereocenters. The lowest BCUT2D eigenvalue weighted by Crippen LogP contribution is -2.44. The van der Waals surface area contributed by atoms with Crippen LogP contribution in [0.1, 0.15) is 12.0 Å². The van der Waals surface area contributed by atoms with E-state index in [1.54, 1.807) is 0 Å². The van der Waals surface area contributed by atoms with E-state index < -0.39 is 0 Å². The number of ether oxygens (including phenoxy) is 2. The summed E-state index contributed by atoms with van der Waals surface area (Å²) in [4.78, 5) is 8.80. The lowest BCUT2D eigenvalue weighted by molar-refractivity contribution is -0.0563. The van der Waals surface area contributed by atoms with Crippen molar-refractivity contribution in [1.29, 1.82) is 0 Å². The van der Waals surface area contributed by atoms with Gasteiger partial charge in [-0.15, -0.1) is 0 Å². The molecule has 0 radical (unpaired) electrons. The maximum Gasteiger partial charge on any atom is 0.104 e. The van der Waals surface area contributed by atoms with Crippen molar-refractivity contribution in [1.82, 2.24) is 14.8 Å². The highest BCUT2D eigenvalue weighted by Gasteiger charge is 2.43. The number of aromatic nitrogens is 1. The van der Waals surface area contributed by atoms with Gasteiger partial charge in [0.2, 0.25) is 0 Å². The van der Waals surface area contributed by atoms with E-state index in [9.17, 15) is 0 Å². The number of hydrogen-bond donors (Lipinski definition) is 0. The first-order valence-electron chi connectivity index (χ1n) is 8.13. The molecule has 2 fully saturated rings. The number of nitrogens with zero attached hydrogens (tertiary/aromatic N) is 3. The molecule has 3 rings (SSSR count). The molecule has 1 aromatic heterocycles. The van der Waals surface area contributed by atoms with Crippen LogP contribution in [0, 0.1) is 5.92 Å². The van der Waals surface area contributed by atoms with E-state index in [1.165, 1.54) is 5.56 Å². The molecule has 5 nitrogen and oxygen atoms in total. The average Bonchev–Trinajstić information content (AvgIpc) is 2.75. The zero-order valence-corrected chi connectivity index (χ0v) is 13.7. The van der Waals surface area contributed by atoms with Crippen LogP contribution in [-0.4, -0.2) is 73.9 Å². The fourth-order valence-electron chi connectivity index (χ4n) is 3.65. The maximum atomic E-state index is 6.24. The third-order valence-corrected chi connectivity index (χ3v) is 4.49. The highest BCUT2D eigenvalue weighted by molar-refractivity contribution is 5.10. The van der Waals surface area contributed by atoms with Crippen molar-refractivity contribution < 1.29 is 9.47 Å². The van der Waals surface area contributed by atoms with Crippen LogP contribution in [0.2, 0.25) is 0 Å².